The highest BCUT2D eigenvalue weighted by Gasteiger charge is 2.22. The largest absolute Gasteiger partial charge is 0.354 e. The van der Waals surface area contributed by atoms with Crippen LogP contribution in [0.15, 0.2) is 42.7 Å². The van der Waals surface area contributed by atoms with Crippen molar-refractivity contribution in [2.75, 3.05) is 18.0 Å². The highest BCUT2D eigenvalue weighted by Crippen LogP contribution is 2.27. The summed E-state index contributed by atoms with van der Waals surface area (Å²) in [5, 5.41) is 5.26. The number of fused-ring (bicyclic) bond motifs is 1. The summed E-state index contributed by atoms with van der Waals surface area (Å²) >= 11 is 6.09. The van der Waals surface area contributed by atoms with Gasteiger partial charge in [-0.2, -0.15) is 0 Å². The number of anilines is 1. The number of rotatable bonds is 4. The molecule has 1 fully saturated rings. The van der Waals surface area contributed by atoms with Gasteiger partial charge in [-0.15, -0.1) is 0 Å². The lowest BCUT2D eigenvalue weighted by Crippen LogP contribution is -2.45. The van der Waals surface area contributed by atoms with Gasteiger partial charge in [-0.25, -0.2) is 9.97 Å². The number of H-pyrrole nitrogens is 1. The first-order valence-electron chi connectivity index (χ1n) is 8.31. The van der Waals surface area contributed by atoms with E-state index in [1.54, 1.807) is 6.33 Å². The maximum Gasteiger partial charge on any atom is 0.144 e. The molecule has 5 nitrogen and oxygen atoms in total. The first-order chi connectivity index (χ1) is 11.8. The molecule has 2 aromatic heterocycles. The van der Waals surface area contributed by atoms with E-state index >= 15 is 0 Å². The van der Waals surface area contributed by atoms with Crippen LogP contribution in [0.1, 0.15) is 18.4 Å². The zero-order chi connectivity index (χ0) is 16.4. The second-order valence-electron chi connectivity index (χ2n) is 6.23. The van der Waals surface area contributed by atoms with Crippen LogP contribution in [0.5, 0.6) is 0 Å². The molecule has 3 heterocycles. The van der Waals surface area contributed by atoms with E-state index in [0.717, 1.165) is 42.9 Å². The number of aromatic nitrogens is 3. The quantitative estimate of drug-likeness (QED) is 0.764. The van der Waals surface area contributed by atoms with E-state index in [9.17, 15) is 0 Å². The van der Waals surface area contributed by atoms with Crippen molar-refractivity contribution in [1.82, 2.24) is 20.3 Å². The lowest BCUT2D eigenvalue weighted by atomic mass is 10.0. The minimum absolute atomic E-state index is 0.457. The van der Waals surface area contributed by atoms with Gasteiger partial charge in [0, 0.05) is 25.7 Å². The number of hydrogen-bond acceptors (Lipinski definition) is 4. The third-order valence-corrected chi connectivity index (χ3v) is 4.73. The Morgan fingerprint density at radius 3 is 3.00 bits per heavy atom. The molecule has 1 atom stereocenters. The van der Waals surface area contributed by atoms with Gasteiger partial charge < -0.3 is 15.2 Å². The Bertz CT molecular complexity index is 817. The fraction of sp³-hybridized carbons (Fsp3) is 0.333. The third kappa shape index (κ3) is 3.23. The summed E-state index contributed by atoms with van der Waals surface area (Å²) < 4.78 is 0. The van der Waals surface area contributed by atoms with Crippen molar-refractivity contribution >= 4 is 28.5 Å². The molecule has 2 N–H and O–H groups in total. The van der Waals surface area contributed by atoms with Crippen molar-refractivity contribution in [2.45, 2.75) is 25.4 Å². The average molecular weight is 342 g/mol. The number of aromatic amines is 1. The summed E-state index contributed by atoms with van der Waals surface area (Å²) in [6.07, 6.45) is 3.94. The van der Waals surface area contributed by atoms with Crippen LogP contribution >= 0.6 is 11.6 Å². The van der Waals surface area contributed by atoms with Crippen LogP contribution in [0.25, 0.3) is 11.0 Å². The van der Waals surface area contributed by atoms with Crippen molar-refractivity contribution in [3.8, 4) is 0 Å². The van der Waals surface area contributed by atoms with E-state index in [2.05, 4.69) is 49.4 Å². The molecule has 0 amide bonds. The van der Waals surface area contributed by atoms with Crippen molar-refractivity contribution in [1.29, 1.82) is 0 Å². The van der Waals surface area contributed by atoms with Gasteiger partial charge in [0.25, 0.3) is 0 Å². The zero-order valence-corrected chi connectivity index (χ0v) is 14.1. The molecule has 0 radical (unpaired) electrons. The van der Waals surface area contributed by atoms with Crippen molar-refractivity contribution in [2.24, 2.45) is 0 Å². The summed E-state index contributed by atoms with van der Waals surface area (Å²) in [6.45, 7) is 2.86. The molecule has 1 unspecified atom stereocenters. The van der Waals surface area contributed by atoms with Crippen LogP contribution in [0.2, 0.25) is 5.15 Å². The molecule has 1 aliphatic heterocycles. The van der Waals surface area contributed by atoms with Gasteiger partial charge in [-0.3, -0.25) is 0 Å². The van der Waals surface area contributed by atoms with Gasteiger partial charge in [0.05, 0.1) is 5.39 Å². The van der Waals surface area contributed by atoms with Gasteiger partial charge in [0.1, 0.15) is 22.9 Å². The van der Waals surface area contributed by atoms with Crippen LogP contribution in [0, 0.1) is 0 Å². The Balaban J connectivity index is 1.48. The number of nitrogens with zero attached hydrogens (tertiary/aromatic N) is 3. The van der Waals surface area contributed by atoms with Crippen molar-refractivity contribution in [3.05, 3.63) is 53.4 Å². The topological polar surface area (TPSA) is 56.8 Å². The van der Waals surface area contributed by atoms with E-state index < -0.39 is 0 Å². The highest BCUT2D eigenvalue weighted by atomic mass is 35.5. The van der Waals surface area contributed by atoms with Crippen molar-refractivity contribution < 1.29 is 0 Å². The van der Waals surface area contributed by atoms with Gasteiger partial charge in [0.2, 0.25) is 0 Å². The third-order valence-electron chi connectivity index (χ3n) is 4.53. The van der Waals surface area contributed by atoms with E-state index in [0.29, 0.717) is 11.2 Å². The predicted octanol–water partition coefficient (Wildman–Crippen LogP) is 3.37. The van der Waals surface area contributed by atoms with Gasteiger partial charge in [-0.05, 0) is 24.5 Å². The molecule has 3 aromatic rings. The van der Waals surface area contributed by atoms with Crippen LogP contribution in [-0.2, 0) is 6.54 Å². The molecule has 24 heavy (non-hydrogen) atoms. The van der Waals surface area contributed by atoms with E-state index in [1.165, 1.54) is 12.0 Å². The monoisotopic (exact) mass is 341 g/mol. The van der Waals surface area contributed by atoms with Crippen LogP contribution in [-0.4, -0.2) is 34.1 Å². The number of benzene rings is 1. The molecule has 1 aliphatic rings. The number of nitrogens with one attached hydrogen (secondary N) is 2. The standard InChI is InChI=1S/C18H20ClN5/c19-16-9-15-17(23-16)21-12-22-18(15)24-8-4-7-14(11-24)20-10-13-5-2-1-3-6-13/h1-3,5-6,9,12,14,20H,4,7-8,10-11H2,(H,21,22,23). The molecular formula is C18H20ClN5. The minimum atomic E-state index is 0.457. The van der Waals surface area contributed by atoms with Gasteiger partial charge in [0.15, 0.2) is 0 Å². The molecule has 1 aromatic carbocycles. The molecule has 4 rings (SSSR count). The molecular weight excluding hydrogens is 322 g/mol. The Kier molecular flexibility index (Phi) is 4.36. The zero-order valence-electron chi connectivity index (χ0n) is 13.4. The van der Waals surface area contributed by atoms with Crippen molar-refractivity contribution in [3.63, 3.8) is 0 Å². The first kappa shape index (κ1) is 15.4. The lowest BCUT2D eigenvalue weighted by Gasteiger charge is -2.34. The maximum absolute atomic E-state index is 6.09. The summed E-state index contributed by atoms with van der Waals surface area (Å²) in [5.74, 6) is 0.967. The Labute approximate surface area is 146 Å². The van der Waals surface area contributed by atoms with Gasteiger partial charge >= 0.3 is 0 Å². The van der Waals surface area contributed by atoms with E-state index in [1.807, 2.05) is 12.1 Å². The molecule has 1 saturated heterocycles. The van der Waals surface area contributed by atoms with Crippen LogP contribution < -0.4 is 10.2 Å². The van der Waals surface area contributed by atoms with Crippen LogP contribution in [0.4, 0.5) is 5.82 Å². The Morgan fingerprint density at radius 1 is 1.25 bits per heavy atom. The minimum Gasteiger partial charge on any atom is -0.354 e. The average Bonchev–Trinajstić information content (AvgIpc) is 3.01. The smallest absolute Gasteiger partial charge is 0.144 e. The molecule has 0 saturated carbocycles. The van der Waals surface area contributed by atoms with E-state index in [4.69, 9.17) is 11.6 Å². The summed E-state index contributed by atoms with van der Waals surface area (Å²) in [6, 6.07) is 12.9. The first-order valence-corrected chi connectivity index (χ1v) is 8.69. The molecule has 0 bridgehead atoms. The number of halogens is 1. The summed E-state index contributed by atoms with van der Waals surface area (Å²) in [5.41, 5.74) is 2.11. The SMILES string of the molecule is Clc1cc2c(N3CCCC(NCc4ccccc4)C3)ncnc2[nH]1. The highest BCUT2D eigenvalue weighted by molar-refractivity contribution is 6.30. The van der Waals surface area contributed by atoms with Gasteiger partial charge in [-0.1, -0.05) is 41.9 Å². The Morgan fingerprint density at radius 2 is 2.12 bits per heavy atom. The van der Waals surface area contributed by atoms with E-state index in [-0.39, 0.29) is 0 Å². The summed E-state index contributed by atoms with van der Waals surface area (Å²) in [7, 11) is 0. The Hall–Kier alpha value is -2.11. The number of hydrogen-bond donors (Lipinski definition) is 2. The predicted molar refractivity (Wildman–Crippen MR) is 97.4 cm³/mol. The lowest BCUT2D eigenvalue weighted by molar-refractivity contribution is 0.420. The number of piperidine rings is 1. The second kappa shape index (κ2) is 6.79. The van der Waals surface area contributed by atoms with Crippen LogP contribution in [0.3, 0.4) is 0 Å². The fourth-order valence-electron chi connectivity index (χ4n) is 3.34. The fourth-order valence-corrected chi connectivity index (χ4v) is 3.54. The maximum atomic E-state index is 6.09. The second-order valence-corrected chi connectivity index (χ2v) is 6.64. The molecule has 6 heteroatoms. The molecule has 0 aliphatic carbocycles. The normalized spacial score (nSPS) is 18.2. The summed E-state index contributed by atoms with van der Waals surface area (Å²) in [4.78, 5) is 14.2. The molecule has 124 valence electrons. The molecule has 0 spiro atoms.